The topological polar surface area (TPSA) is 123 Å². The molecular formula is C21H17N5O4. The molecule has 0 saturated heterocycles. The van der Waals surface area contributed by atoms with Crippen LogP contribution in [0.1, 0.15) is 23.2 Å². The number of pyridine rings is 2. The first-order chi connectivity index (χ1) is 14.6. The Bertz CT molecular complexity index is 1260. The van der Waals surface area contributed by atoms with Gasteiger partial charge in [-0.1, -0.05) is 0 Å². The van der Waals surface area contributed by atoms with Crippen LogP contribution < -0.4 is 5.32 Å². The van der Waals surface area contributed by atoms with E-state index in [0.717, 1.165) is 18.4 Å². The highest BCUT2D eigenvalue weighted by Gasteiger charge is 2.30. The van der Waals surface area contributed by atoms with Crippen molar-refractivity contribution in [1.29, 1.82) is 0 Å². The monoisotopic (exact) mass is 403 g/mol. The third-order valence-corrected chi connectivity index (χ3v) is 4.98. The lowest BCUT2D eigenvalue weighted by atomic mass is 10.1. The van der Waals surface area contributed by atoms with Gasteiger partial charge in [0, 0.05) is 29.3 Å². The zero-order valence-corrected chi connectivity index (χ0v) is 16.0. The molecule has 0 aliphatic heterocycles. The number of anilines is 1. The van der Waals surface area contributed by atoms with Gasteiger partial charge in [-0.3, -0.25) is 9.78 Å². The maximum absolute atomic E-state index is 12.3. The summed E-state index contributed by atoms with van der Waals surface area (Å²) in [6, 6.07) is 5.41. The summed E-state index contributed by atoms with van der Waals surface area (Å²) in [5.41, 5.74) is 2.86. The maximum Gasteiger partial charge on any atom is 0.340 e. The highest BCUT2D eigenvalue weighted by Crippen LogP contribution is 2.33. The van der Waals surface area contributed by atoms with Gasteiger partial charge >= 0.3 is 5.97 Å². The first-order valence-corrected chi connectivity index (χ1v) is 9.41. The van der Waals surface area contributed by atoms with Crippen LogP contribution in [0.4, 0.5) is 5.82 Å². The fourth-order valence-electron chi connectivity index (χ4n) is 3.26. The van der Waals surface area contributed by atoms with Gasteiger partial charge in [0.25, 0.3) is 0 Å². The first-order valence-electron chi connectivity index (χ1n) is 9.41. The van der Waals surface area contributed by atoms with E-state index in [1.165, 1.54) is 19.6 Å². The lowest BCUT2D eigenvalue weighted by Crippen LogP contribution is -2.15. The SMILES string of the molecule is COC(=O)c1cnc(NC(=O)C2CC2)c2[nH]c(-c3cc(-c4ncco4)ccn3)cc12. The number of ether oxygens (including phenoxy) is 1. The Hall–Kier alpha value is -4.01. The molecule has 1 fully saturated rings. The normalized spacial score (nSPS) is 13.4. The van der Waals surface area contributed by atoms with Crippen LogP contribution in [-0.4, -0.2) is 38.9 Å². The van der Waals surface area contributed by atoms with Gasteiger partial charge < -0.3 is 19.5 Å². The number of oxazole rings is 1. The molecule has 4 aromatic rings. The summed E-state index contributed by atoms with van der Waals surface area (Å²) in [6.07, 6.45) is 7.88. The van der Waals surface area contributed by atoms with E-state index in [1.807, 2.05) is 6.07 Å². The number of amides is 1. The van der Waals surface area contributed by atoms with Crippen molar-refractivity contribution in [3.05, 3.63) is 48.6 Å². The van der Waals surface area contributed by atoms with Crippen LogP contribution in [0.3, 0.4) is 0 Å². The van der Waals surface area contributed by atoms with Crippen molar-refractivity contribution in [3.63, 3.8) is 0 Å². The molecular weight excluding hydrogens is 386 g/mol. The summed E-state index contributed by atoms with van der Waals surface area (Å²) < 4.78 is 10.2. The molecule has 30 heavy (non-hydrogen) atoms. The summed E-state index contributed by atoms with van der Waals surface area (Å²) >= 11 is 0. The smallest absolute Gasteiger partial charge is 0.340 e. The fraction of sp³-hybridized carbons (Fsp3) is 0.190. The lowest BCUT2D eigenvalue weighted by Gasteiger charge is -2.07. The van der Waals surface area contributed by atoms with Crippen molar-refractivity contribution in [2.75, 3.05) is 12.4 Å². The Balaban J connectivity index is 1.62. The third kappa shape index (κ3) is 3.20. The Labute approximate surface area is 170 Å². The Morgan fingerprint density at radius 2 is 2.07 bits per heavy atom. The molecule has 0 aromatic carbocycles. The molecule has 4 heterocycles. The molecule has 9 heteroatoms. The number of esters is 1. The molecule has 0 spiro atoms. The number of carbonyl (C=O) groups is 2. The molecule has 1 aliphatic carbocycles. The van der Waals surface area contributed by atoms with E-state index in [9.17, 15) is 9.59 Å². The van der Waals surface area contributed by atoms with Crippen molar-refractivity contribution in [2.45, 2.75) is 12.8 Å². The van der Waals surface area contributed by atoms with Gasteiger partial charge in [-0.15, -0.1) is 0 Å². The zero-order chi connectivity index (χ0) is 20.7. The van der Waals surface area contributed by atoms with Gasteiger partial charge in [-0.2, -0.15) is 0 Å². The van der Waals surface area contributed by atoms with Crippen molar-refractivity contribution in [2.24, 2.45) is 5.92 Å². The van der Waals surface area contributed by atoms with Gasteiger partial charge in [0.15, 0.2) is 5.82 Å². The summed E-state index contributed by atoms with van der Waals surface area (Å²) in [5.74, 6) is 0.277. The number of hydrogen-bond acceptors (Lipinski definition) is 7. The van der Waals surface area contributed by atoms with E-state index >= 15 is 0 Å². The average Bonchev–Trinajstić information content (AvgIpc) is 3.29. The summed E-state index contributed by atoms with van der Waals surface area (Å²) in [4.78, 5) is 40.6. The summed E-state index contributed by atoms with van der Waals surface area (Å²) in [5, 5.41) is 3.44. The van der Waals surface area contributed by atoms with Crippen LogP contribution in [0.2, 0.25) is 0 Å². The average molecular weight is 403 g/mol. The van der Waals surface area contributed by atoms with Gasteiger partial charge in [-0.05, 0) is 31.0 Å². The van der Waals surface area contributed by atoms with Gasteiger partial charge in [0.05, 0.1) is 35.8 Å². The van der Waals surface area contributed by atoms with Crippen molar-refractivity contribution < 1.29 is 18.7 Å². The second-order valence-corrected chi connectivity index (χ2v) is 7.01. The Morgan fingerprint density at radius 1 is 1.20 bits per heavy atom. The number of aromatic nitrogens is 4. The number of fused-ring (bicyclic) bond motifs is 1. The quantitative estimate of drug-likeness (QED) is 0.489. The van der Waals surface area contributed by atoms with Crippen molar-refractivity contribution >= 4 is 28.6 Å². The molecule has 1 amide bonds. The molecule has 1 aliphatic rings. The van der Waals surface area contributed by atoms with Crippen LogP contribution in [0.25, 0.3) is 33.7 Å². The third-order valence-electron chi connectivity index (χ3n) is 4.98. The summed E-state index contributed by atoms with van der Waals surface area (Å²) in [6.45, 7) is 0. The first kappa shape index (κ1) is 18.0. The van der Waals surface area contributed by atoms with Crippen LogP contribution in [-0.2, 0) is 9.53 Å². The predicted molar refractivity (Wildman–Crippen MR) is 108 cm³/mol. The number of hydrogen-bond donors (Lipinski definition) is 2. The highest BCUT2D eigenvalue weighted by molar-refractivity contribution is 6.09. The Kier molecular flexibility index (Phi) is 4.27. The van der Waals surface area contributed by atoms with Crippen LogP contribution in [0, 0.1) is 5.92 Å². The molecule has 9 nitrogen and oxygen atoms in total. The number of carbonyl (C=O) groups excluding carboxylic acids is 2. The van der Waals surface area contributed by atoms with E-state index in [-0.39, 0.29) is 11.8 Å². The molecule has 0 atom stereocenters. The predicted octanol–water partition coefficient (Wildman–Crippen LogP) is 3.42. The van der Waals surface area contributed by atoms with Crippen LogP contribution in [0.5, 0.6) is 0 Å². The molecule has 0 radical (unpaired) electrons. The number of aromatic amines is 1. The number of nitrogens with one attached hydrogen (secondary N) is 2. The number of H-pyrrole nitrogens is 1. The van der Waals surface area contributed by atoms with Crippen molar-refractivity contribution in [3.8, 4) is 22.8 Å². The fourth-order valence-corrected chi connectivity index (χ4v) is 3.26. The largest absolute Gasteiger partial charge is 0.465 e. The molecule has 5 rings (SSSR count). The van der Waals surface area contributed by atoms with E-state index in [1.54, 1.807) is 24.5 Å². The lowest BCUT2D eigenvalue weighted by molar-refractivity contribution is -0.117. The summed E-state index contributed by atoms with van der Waals surface area (Å²) in [7, 11) is 1.31. The second-order valence-electron chi connectivity index (χ2n) is 7.01. The molecule has 150 valence electrons. The maximum atomic E-state index is 12.3. The van der Waals surface area contributed by atoms with Crippen molar-refractivity contribution in [1.82, 2.24) is 19.9 Å². The van der Waals surface area contributed by atoms with Gasteiger partial charge in [0.1, 0.15) is 6.26 Å². The number of methoxy groups -OCH3 is 1. The zero-order valence-electron chi connectivity index (χ0n) is 16.0. The minimum atomic E-state index is -0.514. The highest BCUT2D eigenvalue weighted by atomic mass is 16.5. The number of nitrogens with zero attached hydrogens (tertiary/aromatic N) is 3. The van der Waals surface area contributed by atoms with E-state index in [4.69, 9.17) is 9.15 Å². The van der Waals surface area contributed by atoms with Gasteiger partial charge in [-0.25, -0.2) is 14.8 Å². The molecule has 0 bridgehead atoms. The Morgan fingerprint density at radius 3 is 2.80 bits per heavy atom. The molecule has 2 N–H and O–H groups in total. The van der Waals surface area contributed by atoms with E-state index in [2.05, 4.69) is 25.3 Å². The standard InChI is InChI=1S/C21H17N5O4/c1-29-21(28)14-10-24-18(26-19(27)11-2-3-11)17-13(14)9-16(25-17)15-8-12(4-5-22-15)20-23-6-7-30-20/h4-11,25H,2-3H2,1H3,(H,24,26,27). The molecule has 4 aromatic heterocycles. The second kappa shape index (κ2) is 7.11. The van der Waals surface area contributed by atoms with Crippen LogP contribution >= 0.6 is 0 Å². The number of rotatable bonds is 5. The van der Waals surface area contributed by atoms with E-state index < -0.39 is 5.97 Å². The van der Waals surface area contributed by atoms with Crippen LogP contribution in [0.15, 0.2) is 47.5 Å². The molecule has 1 saturated carbocycles. The molecule has 0 unspecified atom stereocenters. The minimum Gasteiger partial charge on any atom is -0.465 e. The van der Waals surface area contributed by atoms with E-state index in [0.29, 0.717) is 39.6 Å². The minimum absolute atomic E-state index is 0.0238. The van der Waals surface area contributed by atoms with Gasteiger partial charge in [0.2, 0.25) is 11.8 Å².